The molecule has 1 heterocycles. The molecule has 0 radical (unpaired) electrons. The number of piperazine rings is 1. The third-order valence-electron chi connectivity index (χ3n) is 5.05. The van der Waals surface area contributed by atoms with Crippen LogP contribution in [0.1, 0.15) is 11.1 Å². The van der Waals surface area contributed by atoms with Crippen LogP contribution < -0.4 is 14.9 Å². The second-order valence-electron chi connectivity index (χ2n) is 6.99. The molecular weight excluding hydrogens is 386 g/mol. The summed E-state index contributed by atoms with van der Waals surface area (Å²) in [4.78, 5) is 9.09. The number of rotatable bonds is 6. The van der Waals surface area contributed by atoms with E-state index in [1.54, 1.807) is 7.05 Å². The van der Waals surface area contributed by atoms with Crippen LogP contribution in [0, 0.1) is 0 Å². The van der Waals surface area contributed by atoms with Gasteiger partial charge < -0.3 is 15.1 Å². The summed E-state index contributed by atoms with van der Waals surface area (Å²) >= 11 is 0. The fourth-order valence-corrected chi connectivity index (χ4v) is 4.15. The summed E-state index contributed by atoms with van der Waals surface area (Å²) in [7, 11) is -0.0170. The number of aliphatic imine (C=N–C) groups is 1. The Morgan fingerprint density at radius 1 is 0.966 bits per heavy atom. The Morgan fingerprint density at radius 2 is 1.59 bits per heavy atom. The van der Waals surface area contributed by atoms with Gasteiger partial charge in [0.05, 0.1) is 5.75 Å². The second kappa shape index (κ2) is 9.76. The molecule has 0 spiro atoms. The van der Waals surface area contributed by atoms with E-state index in [4.69, 9.17) is 0 Å². The number of sulfonamides is 1. The van der Waals surface area contributed by atoms with Crippen molar-refractivity contribution >= 4 is 21.7 Å². The topological polar surface area (TPSA) is 77.0 Å². The standard InChI is InChI=1S/C21H29N5O2S/c1-22-21(26-14-12-25(13-15-26)20-6-4-3-5-7-20)24-16-18-8-10-19(11-9-18)17-29(27,28)23-2/h3-11,23H,12-17H2,1-2H3,(H,22,24). The van der Waals surface area contributed by atoms with Crippen LogP contribution in [0.2, 0.25) is 0 Å². The van der Waals surface area contributed by atoms with Gasteiger partial charge in [-0.25, -0.2) is 13.1 Å². The van der Waals surface area contributed by atoms with E-state index < -0.39 is 10.0 Å². The lowest BCUT2D eigenvalue weighted by molar-refractivity contribution is 0.372. The molecule has 0 aromatic heterocycles. The molecule has 0 unspecified atom stereocenters. The highest BCUT2D eigenvalue weighted by atomic mass is 32.2. The molecule has 29 heavy (non-hydrogen) atoms. The Kier molecular flexibility index (Phi) is 7.11. The molecule has 0 bridgehead atoms. The highest BCUT2D eigenvalue weighted by molar-refractivity contribution is 7.88. The Bertz CT molecular complexity index is 906. The fraction of sp³-hybridized carbons (Fsp3) is 0.381. The summed E-state index contributed by atoms with van der Waals surface area (Å²) in [6.45, 7) is 4.38. The minimum atomic E-state index is -3.25. The van der Waals surface area contributed by atoms with Gasteiger partial charge in [0, 0.05) is 45.5 Å². The summed E-state index contributed by atoms with van der Waals surface area (Å²) < 4.78 is 25.6. The van der Waals surface area contributed by atoms with Gasteiger partial charge in [0.2, 0.25) is 10.0 Å². The Balaban J connectivity index is 1.51. The van der Waals surface area contributed by atoms with Crippen molar-refractivity contribution in [1.29, 1.82) is 0 Å². The van der Waals surface area contributed by atoms with E-state index in [-0.39, 0.29) is 5.75 Å². The minimum absolute atomic E-state index is 0.00936. The highest BCUT2D eigenvalue weighted by Crippen LogP contribution is 2.15. The zero-order valence-electron chi connectivity index (χ0n) is 17.0. The first-order valence-corrected chi connectivity index (χ1v) is 11.4. The third kappa shape index (κ3) is 5.95. The van der Waals surface area contributed by atoms with Crippen molar-refractivity contribution in [2.24, 2.45) is 4.99 Å². The van der Waals surface area contributed by atoms with Gasteiger partial charge >= 0.3 is 0 Å². The lowest BCUT2D eigenvalue weighted by Crippen LogP contribution is -2.52. The predicted molar refractivity (Wildman–Crippen MR) is 119 cm³/mol. The third-order valence-corrected chi connectivity index (χ3v) is 6.39. The zero-order chi connectivity index (χ0) is 20.7. The van der Waals surface area contributed by atoms with E-state index in [2.05, 4.69) is 49.1 Å². The summed E-state index contributed by atoms with van der Waals surface area (Å²) in [6, 6.07) is 18.1. The molecule has 3 rings (SSSR count). The minimum Gasteiger partial charge on any atom is -0.368 e. The summed E-state index contributed by atoms with van der Waals surface area (Å²) in [5.41, 5.74) is 3.11. The van der Waals surface area contributed by atoms with E-state index in [9.17, 15) is 8.42 Å². The van der Waals surface area contributed by atoms with Crippen molar-refractivity contribution in [3.8, 4) is 0 Å². The molecule has 156 valence electrons. The van der Waals surface area contributed by atoms with Gasteiger partial charge in [-0.05, 0) is 30.3 Å². The first-order valence-electron chi connectivity index (χ1n) is 9.75. The molecule has 1 saturated heterocycles. The molecule has 7 nitrogen and oxygen atoms in total. The molecule has 2 aromatic carbocycles. The quantitative estimate of drug-likeness (QED) is 0.554. The molecule has 0 amide bonds. The Hall–Kier alpha value is -2.58. The van der Waals surface area contributed by atoms with E-state index in [1.807, 2.05) is 30.3 Å². The molecule has 1 aliphatic rings. The average molecular weight is 416 g/mol. The zero-order valence-corrected chi connectivity index (χ0v) is 17.8. The van der Waals surface area contributed by atoms with Crippen LogP contribution in [0.15, 0.2) is 59.6 Å². The van der Waals surface area contributed by atoms with Crippen molar-refractivity contribution in [2.45, 2.75) is 12.3 Å². The number of nitrogens with zero attached hydrogens (tertiary/aromatic N) is 3. The number of benzene rings is 2. The fourth-order valence-electron chi connectivity index (χ4n) is 3.37. The molecular formula is C21H29N5O2S. The molecule has 0 atom stereocenters. The first-order chi connectivity index (χ1) is 14.0. The number of hydrogen-bond donors (Lipinski definition) is 2. The highest BCUT2D eigenvalue weighted by Gasteiger charge is 2.19. The monoisotopic (exact) mass is 415 g/mol. The van der Waals surface area contributed by atoms with Crippen LogP contribution in [0.3, 0.4) is 0 Å². The van der Waals surface area contributed by atoms with Gasteiger partial charge in [-0.2, -0.15) is 0 Å². The number of para-hydroxylation sites is 1. The maximum absolute atomic E-state index is 11.6. The average Bonchev–Trinajstić information content (AvgIpc) is 2.76. The van der Waals surface area contributed by atoms with E-state index in [0.29, 0.717) is 6.54 Å². The van der Waals surface area contributed by atoms with Crippen LogP contribution in [0.25, 0.3) is 0 Å². The normalized spacial score (nSPS) is 15.4. The summed E-state index contributed by atoms with van der Waals surface area (Å²) in [5.74, 6) is 0.879. The van der Waals surface area contributed by atoms with Crippen molar-refractivity contribution in [2.75, 3.05) is 45.2 Å². The Labute approximate surface area is 173 Å². The summed E-state index contributed by atoms with van der Waals surface area (Å²) in [5, 5.41) is 3.42. The van der Waals surface area contributed by atoms with E-state index >= 15 is 0 Å². The first kappa shape index (κ1) is 21.1. The lowest BCUT2D eigenvalue weighted by Gasteiger charge is -2.37. The number of guanidine groups is 1. The molecule has 1 aliphatic heterocycles. The van der Waals surface area contributed by atoms with Gasteiger partial charge in [0.15, 0.2) is 5.96 Å². The van der Waals surface area contributed by atoms with E-state index in [1.165, 1.54) is 12.7 Å². The SMILES string of the molecule is CN=C(NCc1ccc(CS(=O)(=O)NC)cc1)N1CCN(c2ccccc2)CC1. The predicted octanol–water partition coefficient (Wildman–Crippen LogP) is 1.63. The van der Waals surface area contributed by atoms with Gasteiger partial charge in [-0.15, -0.1) is 0 Å². The van der Waals surface area contributed by atoms with Gasteiger partial charge in [-0.3, -0.25) is 4.99 Å². The van der Waals surface area contributed by atoms with Crippen molar-refractivity contribution in [1.82, 2.24) is 14.9 Å². The molecule has 2 aromatic rings. The largest absolute Gasteiger partial charge is 0.368 e. The maximum atomic E-state index is 11.6. The van der Waals surface area contributed by atoms with Crippen molar-refractivity contribution < 1.29 is 8.42 Å². The van der Waals surface area contributed by atoms with Crippen LogP contribution >= 0.6 is 0 Å². The maximum Gasteiger partial charge on any atom is 0.215 e. The smallest absolute Gasteiger partial charge is 0.215 e. The molecule has 0 aliphatic carbocycles. The van der Waals surface area contributed by atoms with Crippen LogP contribution in [0.4, 0.5) is 5.69 Å². The van der Waals surface area contributed by atoms with Gasteiger partial charge in [-0.1, -0.05) is 42.5 Å². The van der Waals surface area contributed by atoms with Crippen molar-refractivity contribution in [3.05, 3.63) is 65.7 Å². The van der Waals surface area contributed by atoms with Crippen LogP contribution in [0.5, 0.6) is 0 Å². The Morgan fingerprint density at radius 3 is 2.17 bits per heavy atom. The number of nitrogens with one attached hydrogen (secondary N) is 2. The van der Waals surface area contributed by atoms with Crippen LogP contribution in [-0.2, 0) is 22.3 Å². The van der Waals surface area contributed by atoms with Crippen LogP contribution in [-0.4, -0.2) is 59.6 Å². The van der Waals surface area contributed by atoms with Gasteiger partial charge in [0.1, 0.15) is 0 Å². The molecule has 2 N–H and O–H groups in total. The van der Waals surface area contributed by atoms with Crippen molar-refractivity contribution in [3.63, 3.8) is 0 Å². The lowest BCUT2D eigenvalue weighted by atomic mass is 10.1. The molecule has 1 fully saturated rings. The second-order valence-corrected chi connectivity index (χ2v) is 8.92. The van der Waals surface area contributed by atoms with Gasteiger partial charge in [0.25, 0.3) is 0 Å². The summed E-state index contributed by atoms with van der Waals surface area (Å²) in [6.07, 6.45) is 0. The molecule has 0 saturated carbocycles. The number of anilines is 1. The molecule has 8 heteroatoms. The number of hydrogen-bond acceptors (Lipinski definition) is 4. The van der Waals surface area contributed by atoms with E-state index in [0.717, 1.165) is 43.3 Å².